The standard InChI is InChI=1S/C28H32F3N3O5/c1-14-6-8-19-21(33(14)28(38)39-2)10-11-22-23(19)32-26(34(22)17-5-3-4-15(12-17)27(36)37)24(35)20-13-16(29)7-9-18(20)25(30)31/h7,9-11,13-15,17,24-25,28,35,38H,3-6,8,12H2,1-2H3,(H,36,37)/t14-,15?,17?,24?,28?/m0/s1. The summed E-state index contributed by atoms with van der Waals surface area (Å²) in [6.07, 6.45) is -2.48. The number of hydrogen-bond acceptors (Lipinski definition) is 6. The molecule has 0 saturated heterocycles. The molecule has 8 nitrogen and oxygen atoms in total. The van der Waals surface area contributed by atoms with Gasteiger partial charge in [-0.1, -0.05) is 12.5 Å². The SMILES string of the molecule is COC(O)N1c2ccc3c(nc(C(O)c4cc(F)ccc4C(F)F)n3C3CCCC(C(=O)O)C3)c2CC[C@@H]1C. The van der Waals surface area contributed by atoms with Crippen molar-refractivity contribution in [3.8, 4) is 0 Å². The third-order valence-electron chi connectivity index (χ3n) is 8.17. The van der Waals surface area contributed by atoms with Crippen molar-refractivity contribution < 1.29 is 38.0 Å². The number of aliphatic hydroxyl groups is 2. The van der Waals surface area contributed by atoms with E-state index in [-0.39, 0.29) is 29.9 Å². The van der Waals surface area contributed by atoms with Gasteiger partial charge in [-0.15, -0.1) is 0 Å². The summed E-state index contributed by atoms with van der Waals surface area (Å²) in [4.78, 5) is 18.3. The van der Waals surface area contributed by atoms with E-state index >= 15 is 0 Å². The number of hydrogen-bond donors (Lipinski definition) is 3. The molecule has 0 bridgehead atoms. The molecule has 2 heterocycles. The molecule has 1 aliphatic carbocycles. The maximum absolute atomic E-state index is 14.2. The van der Waals surface area contributed by atoms with Gasteiger partial charge in [-0.2, -0.15) is 0 Å². The first-order valence-electron chi connectivity index (χ1n) is 13.1. The topological polar surface area (TPSA) is 108 Å². The van der Waals surface area contributed by atoms with Crippen LogP contribution in [0, 0.1) is 11.7 Å². The van der Waals surface area contributed by atoms with Crippen molar-refractivity contribution >= 4 is 22.7 Å². The molecule has 4 unspecified atom stereocenters. The van der Waals surface area contributed by atoms with Crippen LogP contribution in [0.3, 0.4) is 0 Å². The molecule has 3 N–H and O–H groups in total. The normalized spacial score (nSPS) is 23.2. The Kier molecular flexibility index (Phi) is 7.58. The Balaban J connectivity index is 1.72. The third kappa shape index (κ3) is 4.87. The zero-order valence-corrected chi connectivity index (χ0v) is 21.7. The van der Waals surface area contributed by atoms with E-state index in [2.05, 4.69) is 0 Å². The zero-order valence-electron chi connectivity index (χ0n) is 21.7. The predicted molar refractivity (Wildman–Crippen MR) is 137 cm³/mol. The van der Waals surface area contributed by atoms with Crippen LogP contribution in [0.1, 0.15) is 80.1 Å². The van der Waals surface area contributed by atoms with Crippen LogP contribution in [0.25, 0.3) is 11.0 Å². The molecule has 5 atom stereocenters. The minimum atomic E-state index is -2.95. The van der Waals surface area contributed by atoms with E-state index < -0.39 is 42.2 Å². The number of carbonyl (C=O) groups is 1. The second kappa shape index (κ2) is 10.8. The summed E-state index contributed by atoms with van der Waals surface area (Å²) in [7, 11) is 1.40. The molecule has 0 radical (unpaired) electrons. The fourth-order valence-electron chi connectivity index (χ4n) is 6.21. The number of aliphatic carboxylic acids is 1. The number of methoxy groups -OCH3 is 1. The summed E-state index contributed by atoms with van der Waals surface area (Å²) in [5, 5.41) is 31.7. The van der Waals surface area contributed by atoms with Crippen molar-refractivity contribution in [2.75, 3.05) is 12.0 Å². The zero-order chi connectivity index (χ0) is 28.0. The molecule has 1 fully saturated rings. The summed E-state index contributed by atoms with van der Waals surface area (Å²) in [6, 6.07) is 5.99. The second-order valence-corrected chi connectivity index (χ2v) is 10.5. The Morgan fingerprint density at radius 3 is 2.59 bits per heavy atom. The lowest BCUT2D eigenvalue weighted by molar-refractivity contribution is -0.143. The van der Waals surface area contributed by atoms with E-state index in [4.69, 9.17) is 9.72 Å². The maximum atomic E-state index is 14.2. The maximum Gasteiger partial charge on any atom is 0.306 e. The molecule has 5 rings (SSSR count). The number of ether oxygens (including phenoxy) is 1. The van der Waals surface area contributed by atoms with Crippen molar-refractivity contribution in [1.82, 2.24) is 9.55 Å². The fourth-order valence-corrected chi connectivity index (χ4v) is 6.21. The van der Waals surface area contributed by atoms with Gasteiger partial charge in [0, 0.05) is 36.0 Å². The summed E-state index contributed by atoms with van der Waals surface area (Å²) in [6.45, 7) is 1.97. The number of alkyl halides is 2. The van der Waals surface area contributed by atoms with Crippen LogP contribution in [0.15, 0.2) is 30.3 Å². The van der Waals surface area contributed by atoms with Crippen LogP contribution in [-0.4, -0.2) is 50.4 Å². The van der Waals surface area contributed by atoms with E-state index in [0.717, 1.165) is 23.8 Å². The van der Waals surface area contributed by atoms with Crippen molar-refractivity contribution in [3.63, 3.8) is 0 Å². The average Bonchev–Trinajstić information content (AvgIpc) is 3.31. The summed E-state index contributed by atoms with van der Waals surface area (Å²) in [5.74, 6) is -2.22. The summed E-state index contributed by atoms with van der Waals surface area (Å²) < 4.78 is 48.9. The van der Waals surface area contributed by atoms with Crippen molar-refractivity contribution in [2.24, 2.45) is 5.92 Å². The van der Waals surface area contributed by atoms with Gasteiger partial charge in [-0.25, -0.2) is 18.2 Å². The Hall–Kier alpha value is -3.15. The number of rotatable bonds is 7. The molecule has 1 aromatic heterocycles. The van der Waals surface area contributed by atoms with Crippen molar-refractivity contribution in [3.05, 3.63) is 58.7 Å². The van der Waals surface area contributed by atoms with Gasteiger partial charge in [0.15, 0.2) is 0 Å². The van der Waals surface area contributed by atoms with Crippen LogP contribution in [0.4, 0.5) is 18.9 Å². The van der Waals surface area contributed by atoms with Gasteiger partial charge < -0.3 is 29.5 Å². The molecule has 0 amide bonds. The minimum absolute atomic E-state index is 0.0346. The monoisotopic (exact) mass is 547 g/mol. The van der Waals surface area contributed by atoms with Crippen LogP contribution in [-0.2, 0) is 16.0 Å². The van der Waals surface area contributed by atoms with Crippen LogP contribution in [0.2, 0.25) is 0 Å². The van der Waals surface area contributed by atoms with Gasteiger partial charge in [-0.3, -0.25) is 4.79 Å². The van der Waals surface area contributed by atoms with Gasteiger partial charge in [0.2, 0.25) is 6.41 Å². The van der Waals surface area contributed by atoms with Gasteiger partial charge in [-0.05, 0) is 68.9 Å². The van der Waals surface area contributed by atoms with Gasteiger partial charge in [0.25, 0.3) is 6.43 Å². The highest BCUT2D eigenvalue weighted by atomic mass is 19.3. The first-order valence-corrected chi connectivity index (χ1v) is 13.1. The average molecular weight is 548 g/mol. The Morgan fingerprint density at radius 2 is 1.90 bits per heavy atom. The van der Waals surface area contributed by atoms with Gasteiger partial charge >= 0.3 is 5.97 Å². The van der Waals surface area contributed by atoms with E-state index in [1.165, 1.54) is 7.11 Å². The number of nitrogens with zero attached hydrogens (tertiary/aromatic N) is 3. The van der Waals surface area contributed by atoms with Gasteiger partial charge in [0.1, 0.15) is 17.7 Å². The lowest BCUT2D eigenvalue weighted by Gasteiger charge is -2.39. The predicted octanol–water partition coefficient (Wildman–Crippen LogP) is 5.07. The third-order valence-corrected chi connectivity index (χ3v) is 8.17. The molecule has 11 heteroatoms. The number of carboxylic acid groups (broad SMARTS) is 1. The van der Waals surface area contributed by atoms with E-state index in [1.54, 1.807) is 15.5 Å². The molecule has 0 spiro atoms. The number of benzene rings is 2. The molecule has 39 heavy (non-hydrogen) atoms. The molecule has 2 aliphatic rings. The van der Waals surface area contributed by atoms with Crippen LogP contribution < -0.4 is 4.90 Å². The number of anilines is 1. The molecular weight excluding hydrogens is 515 g/mol. The Labute approximate surface area is 223 Å². The van der Waals surface area contributed by atoms with Crippen molar-refractivity contribution in [2.45, 2.75) is 76.5 Å². The molecular formula is C28H32F3N3O5. The molecule has 210 valence electrons. The molecule has 3 aromatic rings. The number of aryl methyl sites for hydroxylation is 1. The Bertz CT molecular complexity index is 1380. The number of aliphatic hydroxyl groups excluding tert-OH is 2. The Morgan fingerprint density at radius 1 is 1.13 bits per heavy atom. The smallest absolute Gasteiger partial charge is 0.306 e. The van der Waals surface area contributed by atoms with Gasteiger partial charge in [0.05, 0.1) is 17.0 Å². The number of carboxylic acids is 1. The highest BCUT2D eigenvalue weighted by molar-refractivity contribution is 5.86. The number of halogens is 3. The largest absolute Gasteiger partial charge is 0.481 e. The van der Waals surface area contributed by atoms with Crippen LogP contribution in [0.5, 0.6) is 0 Å². The van der Waals surface area contributed by atoms with E-state index in [0.29, 0.717) is 48.8 Å². The number of aromatic nitrogens is 2. The van der Waals surface area contributed by atoms with E-state index in [9.17, 15) is 33.3 Å². The highest BCUT2D eigenvalue weighted by Crippen LogP contribution is 2.43. The quantitative estimate of drug-likeness (QED) is 0.354. The second-order valence-electron chi connectivity index (χ2n) is 10.5. The van der Waals surface area contributed by atoms with E-state index in [1.807, 2.05) is 13.0 Å². The summed E-state index contributed by atoms with van der Waals surface area (Å²) in [5.41, 5.74) is 1.86. The number of fused-ring (bicyclic) bond motifs is 3. The molecule has 2 aromatic carbocycles. The van der Waals surface area contributed by atoms with Crippen molar-refractivity contribution in [1.29, 1.82) is 0 Å². The lowest BCUT2D eigenvalue weighted by atomic mass is 9.85. The fraction of sp³-hybridized carbons (Fsp3) is 0.500. The molecule has 1 aliphatic heterocycles. The van der Waals surface area contributed by atoms with Crippen LogP contribution >= 0.6 is 0 Å². The molecule has 1 saturated carbocycles. The first-order chi connectivity index (χ1) is 18.6. The lowest BCUT2D eigenvalue weighted by Crippen LogP contribution is -2.45. The minimum Gasteiger partial charge on any atom is -0.481 e. The summed E-state index contributed by atoms with van der Waals surface area (Å²) >= 11 is 0. The number of imidazole rings is 1. The highest BCUT2D eigenvalue weighted by Gasteiger charge is 2.36. The first kappa shape index (κ1) is 27.4.